The molecule has 96 valence electrons. The topological polar surface area (TPSA) is 53.6 Å². The molecule has 1 fully saturated rings. The molecule has 1 saturated carbocycles. The van der Waals surface area contributed by atoms with E-state index in [2.05, 4.69) is 20.9 Å². The van der Waals surface area contributed by atoms with Crippen LogP contribution in [0.3, 0.4) is 0 Å². The van der Waals surface area contributed by atoms with E-state index in [-0.39, 0.29) is 6.04 Å². The van der Waals surface area contributed by atoms with Gasteiger partial charge in [0.1, 0.15) is 0 Å². The molecule has 1 aliphatic rings. The van der Waals surface area contributed by atoms with E-state index in [0.717, 1.165) is 11.4 Å². The van der Waals surface area contributed by atoms with Crippen molar-refractivity contribution in [3.05, 3.63) is 48.0 Å². The predicted octanol–water partition coefficient (Wildman–Crippen LogP) is 3.20. The van der Waals surface area contributed by atoms with Crippen molar-refractivity contribution >= 4 is 5.69 Å². The molecule has 4 heteroatoms. The van der Waals surface area contributed by atoms with Crippen LogP contribution in [0.1, 0.15) is 36.2 Å². The largest absolute Gasteiger partial charge is 0.365 e. The van der Waals surface area contributed by atoms with Gasteiger partial charge in [-0.25, -0.2) is 4.98 Å². The van der Waals surface area contributed by atoms with Gasteiger partial charge in [-0.15, -0.1) is 0 Å². The molecule has 0 amide bonds. The zero-order valence-corrected chi connectivity index (χ0v) is 10.9. The third-order valence-electron chi connectivity index (χ3n) is 3.42. The minimum absolute atomic E-state index is 0.356. The van der Waals surface area contributed by atoms with Crippen LogP contribution in [0, 0.1) is 18.3 Å². The standard InChI is InChI=1S/C15H16N4/c1-11-2-4-12(5-3-11)18-14(8-16)15-9-17-10-19(15)13-6-7-13/h2-5,9-10,13-14,18H,6-7H2,1H3. The van der Waals surface area contributed by atoms with Crippen molar-refractivity contribution in [3.63, 3.8) is 0 Å². The van der Waals surface area contributed by atoms with Crippen LogP contribution < -0.4 is 5.32 Å². The summed E-state index contributed by atoms with van der Waals surface area (Å²) in [5.41, 5.74) is 3.12. The van der Waals surface area contributed by atoms with Gasteiger partial charge >= 0.3 is 0 Å². The number of rotatable bonds is 4. The van der Waals surface area contributed by atoms with E-state index in [1.807, 2.05) is 37.5 Å². The lowest BCUT2D eigenvalue weighted by Crippen LogP contribution is -2.13. The van der Waals surface area contributed by atoms with Crippen LogP contribution in [0.2, 0.25) is 0 Å². The summed E-state index contributed by atoms with van der Waals surface area (Å²) in [4.78, 5) is 4.18. The Morgan fingerprint density at radius 2 is 2.11 bits per heavy atom. The normalized spacial score (nSPS) is 15.8. The Morgan fingerprint density at radius 1 is 1.37 bits per heavy atom. The maximum absolute atomic E-state index is 9.39. The van der Waals surface area contributed by atoms with Crippen LogP contribution >= 0.6 is 0 Å². The summed E-state index contributed by atoms with van der Waals surface area (Å²) in [5.74, 6) is 0. The van der Waals surface area contributed by atoms with Crippen LogP contribution in [0.4, 0.5) is 5.69 Å². The van der Waals surface area contributed by atoms with E-state index in [4.69, 9.17) is 0 Å². The average Bonchev–Trinajstić information content (AvgIpc) is 3.16. The molecule has 1 aromatic heterocycles. The van der Waals surface area contributed by atoms with Crippen molar-refractivity contribution in [2.75, 3.05) is 5.32 Å². The molecule has 1 aliphatic carbocycles. The number of anilines is 1. The van der Waals surface area contributed by atoms with Crippen molar-refractivity contribution < 1.29 is 0 Å². The summed E-state index contributed by atoms with van der Waals surface area (Å²) in [7, 11) is 0. The minimum atomic E-state index is -0.356. The van der Waals surface area contributed by atoms with E-state index in [1.54, 1.807) is 6.20 Å². The van der Waals surface area contributed by atoms with E-state index in [1.165, 1.54) is 18.4 Å². The lowest BCUT2D eigenvalue weighted by atomic mass is 10.2. The summed E-state index contributed by atoms with van der Waals surface area (Å²) >= 11 is 0. The first-order valence-corrected chi connectivity index (χ1v) is 6.52. The quantitative estimate of drug-likeness (QED) is 0.909. The molecule has 0 saturated heterocycles. The first-order chi connectivity index (χ1) is 9.28. The van der Waals surface area contributed by atoms with Crippen molar-refractivity contribution in [3.8, 4) is 6.07 Å². The maximum atomic E-state index is 9.39. The zero-order chi connectivity index (χ0) is 13.2. The fourth-order valence-electron chi connectivity index (χ4n) is 2.19. The molecule has 4 nitrogen and oxygen atoms in total. The molecule has 1 atom stereocenters. The summed E-state index contributed by atoms with van der Waals surface area (Å²) < 4.78 is 2.12. The second kappa shape index (κ2) is 4.77. The molecule has 1 N–H and O–H groups in total. The molecule has 1 unspecified atom stereocenters. The number of aromatic nitrogens is 2. The third kappa shape index (κ3) is 2.45. The lowest BCUT2D eigenvalue weighted by molar-refractivity contribution is 0.684. The Morgan fingerprint density at radius 3 is 2.74 bits per heavy atom. The minimum Gasteiger partial charge on any atom is -0.365 e. The van der Waals surface area contributed by atoms with Gasteiger partial charge in [0.15, 0.2) is 6.04 Å². The van der Waals surface area contributed by atoms with Gasteiger partial charge in [0.05, 0.1) is 24.3 Å². The summed E-state index contributed by atoms with van der Waals surface area (Å²) in [6.45, 7) is 2.05. The molecule has 1 heterocycles. The fourth-order valence-corrected chi connectivity index (χ4v) is 2.19. The molecule has 3 rings (SSSR count). The second-order valence-corrected chi connectivity index (χ2v) is 5.03. The molecule has 0 spiro atoms. The fraction of sp³-hybridized carbons (Fsp3) is 0.333. The van der Waals surface area contributed by atoms with Crippen molar-refractivity contribution in [1.29, 1.82) is 5.26 Å². The molecule has 19 heavy (non-hydrogen) atoms. The number of aryl methyl sites for hydroxylation is 1. The SMILES string of the molecule is Cc1ccc(NC(C#N)c2cncn2C2CC2)cc1. The zero-order valence-electron chi connectivity index (χ0n) is 10.9. The number of benzene rings is 1. The number of nitrogens with zero attached hydrogens (tertiary/aromatic N) is 3. The van der Waals surface area contributed by atoms with E-state index < -0.39 is 0 Å². The van der Waals surface area contributed by atoms with Gasteiger partial charge in [-0.05, 0) is 31.9 Å². The highest BCUT2D eigenvalue weighted by Gasteiger charge is 2.27. The van der Waals surface area contributed by atoms with Gasteiger partial charge in [-0.3, -0.25) is 0 Å². The van der Waals surface area contributed by atoms with Crippen molar-refractivity contribution in [2.45, 2.75) is 31.8 Å². The number of imidazole rings is 1. The smallest absolute Gasteiger partial charge is 0.156 e. The van der Waals surface area contributed by atoms with E-state index in [0.29, 0.717) is 6.04 Å². The number of hydrogen-bond acceptors (Lipinski definition) is 3. The number of nitriles is 1. The summed E-state index contributed by atoms with van der Waals surface area (Å²) in [6, 6.07) is 10.6. The first-order valence-electron chi connectivity index (χ1n) is 6.52. The predicted molar refractivity (Wildman–Crippen MR) is 73.7 cm³/mol. The molecular weight excluding hydrogens is 236 g/mol. The molecular formula is C15H16N4. The van der Waals surface area contributed by atoms with Gasteiger partial charge < -0.3 is 9.88 Å². The monoisotopic (exact) mass is 252 g/mol. The van der Waals surface area contributed by atoms with Crippen LogP contribution in [0.15, 0.2) is 36.8 Å². The second-order valence-electron chi connectivity index (χ2n) is 5.03. The molecule has 0 radical (unpaired) electrons. The third-order valence-corrected chi connectivity index (χ3v) is 3.42. The maximum Gasteiger partial charge on any atom is 0.156 e. The summed E-state index contributed by atoms with van der Waals surface area (Å²) in [6.07, 6.45) is 5.99. The van der Waals surface area contributed by atoms with E-state index >= 15 is 0 Å². The van der Waals surface area contributed by atoms with Gasteiger partial charge in [0, 0.05) is 11.7 Å². The van der Waals surface area contributed by atoms with Gasteiger partial charge in [-0.1, -0.05) is 17.7 Å². The van der Waals surface area contributed by atoms with Gasteiger partial charge in [-0.2, -0.15) is 5.26 Å². The highest BCUT2D eigenvalue weighted by Crippen LogP contribution is 2.37. The van der Waals surface area contributed by atoms with Crippen LogP contribution in [0.5, 0.6) is 0 Å². The average molecular weight is 252 g/mol. The Labute approximate surface area is 112 Å². The first kappa shape index (κ1) is 11.8. The number of nitrogens with one attached hydrogen (secondary N) is 1. The van der Waals surface area contributed by atoms with Crippen LogP contribution in [-0.2, 0) is 0 Å². The number of hydrogen-bond donors (Lipinski definition) is 1. The van der Waals surface area contributed by atoms with Crippen LogP contribution in [0.25, 0.3) is 0 Å². The highest BCUT2D eigenvalue weighted by molar-refractivity contribution is 5.47. The van der Waals surface area contributed by atoms with Gasteiger partial charge in [0.2, 0.25) is 0 Å². The summed E-state index contributed by atoms with van der Waals surface area (Å²) in [5, 5.41) is 12.6. The molecule has 2 aromatic rings. The Kier molecular flexibility index (Phi) is 2.96. The van der Waals surface area contributed by atoms with Crippen molar-refractivity contribution in [2.24, 2.45) is 0 Å². The van der Waals surface area contributed by atoms with Crippen molar-refractivity contribution in [1.82, 2.24) is 9.55 Å². The Balaban J connectivity index is 1.82. The highest BCUT2D eigenvalue weighted by atomic mass is 15.1. The molecule has 0 bridgehead atoms. The van der Waals surface area contributed by atoms with Gasteiger partial charge in [0.25, 0.3) is 0 Å². The Hall–Kier alpha value is -2.28. The van der Waals surface area contributed by atoms with Crippen LogP contribution in [-0.4, -0.2) is 9.55 Å². The molecule has 1 aromatic carbocycles. The molecule has 0 aliphatic heterocycles. The Bertz CT molecular complexity index is 602. The lowest BCUT2D eigenvalue weighted by Gasteiger charge is -2.15. The van der Waals surface area contributed by atoms with E-state index in [9.17, 15) is 5.26 Å².